The van der Waals surface area contributed by atoms with Gasteiger partial charge in [0.25, 0.3) is 0 Å². The summed E-state index contributed by atoms with van der Waals surface area (Å²) in [5, 5.41) is 9.14. The molecule has 0 spiro atoms. The number of allylic oxidation sites excluding steroid dienone is 3. The van der Waals surface area contributed by atoms with E-state index in [9.17, 15) is 0 Å². The number of likely N-dealkylation sites (N-methyl/N-ethyl adjacent to an activating group) is 1. The molecule has 110 valence electrons. The van der Waals surface area contributed by atoms with Crippen LogP contribution in [0.15, 0.2) is 23.8 Å². The summed E-state index contributed by atoms with van der Waals surface area (Å²) in [6.45, 7) is 10.3. The molecular formula is C17H32NO+. The van der Waals surface area contributed by atoms with E-state index in [2.05, 4.69) is 60.0 Å². The van der Waals surface area contributed by atoms with E-state index in [0.717, 1.165) is 11.0 Å². The lowest BCUT2D eigenvalue weighted by Gasteiger charge is -2.38. The standard InChI is InChI=1S/C17H32NO/c1-14-8-7-11-17(3,4)16(14)10-9-15(2)18(5,6)12-13-19/h8-10,15-16,19H,7,11-13H2,1-6H3/q+1. The van der Waals surface area contributed by atoms with E-state index in [0.29, 0.717) is 17.4 Å². The number of rotatable bonds is 5. The first kappa shape index (κ1) is 16.5. The van der Waals surface area contributed by atoms with Gasteiger partial charge in [0.05, 0.1) is 20.7 Å². The molecule has 0 aromatic rings. The quantitative estimate of drug-likeness (QED) is 0.597. The molecule has 0 saturated heterocycles. The van der Waals surface area contributed by atoms with E-state index < -0.39 is 0 Å². The van der Waals surface area contributed by atoms with Crippen LogP contribution in [0.3, 0.4) is 0 Å². The maximum atomic E-state index is 9.14. The maximum Gasteiger partial charge on any atom is 0.104 e. The van der Waals surface area contributed by atoms with Gasteiger partial charge < -0.3 is 9.59 Å². The van der Waals surface area contributed by atoms with Gasteiger partial charge in [-0.1, -0.05) is 31.6 Å². The smallest absolute Gasteiger partial charge is 0.104 e. The number of aliphatic hydroxyl groups excluding tert-OH is 1. The first-order chi connectivity index (χ1) is 8.70. The van der Waals surface area contributed by atoms with Gasteiger partial charge in [-0.15, -0.1) is 0 Å². The molecule has 2 atom stereocenters. The molecule has 19 heavy (non-hydrogen) atoms. The second-order valence-corrected chi connectivity index (χ2v) is 7.30. The van der Waals surface area contributed by atoms with Crippen LogP contribution in [0.2, 0.25) is 0 Å². The van der Waals surface area contributed by atoms with E-state index in [-0.39, 0.29) is 6.61 Å². The van der Waals surface area contributed by atoms with Crippen molar-refractivity contribution in [2.24, 2.45) is 11.3 Å². The van der Waals surface area contributed by atoms with Crippen molar-refractivity contribution in [2.75, 3.05) is 27.2 Å². The van der Waals surface area contributed by atoms with Gasteiger partial charge in [-0.05, 0) is 38.2 Å². The fourth-order valence-electron chi connectivity index (χ4n) is 2.95. The zero-order valence-electron chi connectivity index (χ0n) is 13.6. The van der Waals surface area contributed by atoms with Crippen molar-refractivity contribution in [2.45, 2.75) is 46.6 Å². The van der Waals surface area contributed by atoms with Crippen molar-refractivity contribution in [1.29, 1.82) is 0 Å². The first-order valence-corrected chi connectivity index (χ1v) is 7.49. The van der Waals surface area contributed by atoms with Gasteiger partial charge in [0, 0.05) is 5.92 Å². The predicted molar refractivity (Wildman–Crippen MR) is 82.9 cm³/mol. The van der Waals surface area contributed by atoms with E-state index in [1.165, 1.54) is 18.4 Å². The normalized spacial score (nSPS) is 25.4. The summed E-state index contributed by atoms with van der Waals surface area (Å²) in [4.78, 5) is 0. The Morgan fingerprint density at radius 3 is 2.63 bits per heavy atom. The third-order valence-corrected chi connectivity index (χ3v) is 4.95. The van der Waals surface area contributed by atoms with E-state index >= 15 is 0 Å². The Balaban J connectivity index is 2.80. The van der Waals surface area contributed by atoms with Crippen molar-refractivity contribution in [3.05, 3.63) is 23.8 Å². The van der Waals surface area contributed by atoms with Crippen molar-refractivity contribution >= 4 is 0 Å². The van der Waals surface area contributed by atoms with Crippen LogP contribution >= 0.6 is 0 Å². The van der Waals surface area contributed by atoms with Gasteiger partial charge >= 0.3 is 0 Å². The monoisotopic (exact) mass is 266 g/mol. The second kappa shape index (κ2) is 6.23. The summed E-state index contributed by atoms with van der Waals surface area (Å²) in [5.74, 6) is 0.554. The van der Waals surface area contributed by atoms with Gasteiger partial charge in [-0.2, -0.15) is 0 Å². The number of nitrogens with zero attached hydrogens (tertiary/aromatic N) is 1. The highest BCUT2D eigenvalue weighted by molar-refractivity contribution is 5.19. The zero-order chi connectivity index (χ0) is 14.7. The Hall–Kier alpha value is -0.600. The van der Waals surface area contributed by atoms with E-state index in [1.807, 2.05) is 0 Å². The van der Waals surface area contributed by atoms with Crippen molar-refractivity contribution in [3.8, 4) is 0 Å². The lowest BCUT2D eigenvalue weighted by atomic mass is 9.68. The summed E-state index contributed by atoms with van der Waals surface area (Å²) in [6, 6.07) is 0.428. The number of hydrogen-bond acceptors (Lipinski definition) is 1. The minimum Gasteiger partial charge on any atom is -0.391 e. The van der Waals surface area contributed by atoms with Gasteiger partial charge in [0.2, 0.25) is 0 Å². The molecule has 0 fully saturated rings. The minimum atomic E-state index is 0.249. The fraction of sp³-hybridized carbons (Fsp3) is 0.765. The maximum absolute atomic E-state index is 9.14. The molecule has 1 aliphatic carbocycles. The van der Waals surface area contributed by atoms with Gasteiger partial charge in [0.1, 0.15) is 12.6 Å². The Bertz CT molecular complexity index is 352. The molecule has 0 heterocycles. The largest absolute Gasteiger partial charge is 0.391 e. The molecule has 0 aromatic heterocycles. The number of quaternary nitrogens is 1. The lowest BCUT2D eigenvalue weighted by Crippen LogP contribution is -2.48. The third kappa shape index (κ3) is 4.19. The molecule has 0 bridgehead atoms. The molecule has 1 rings (SSSR count). The predicted octanol–water partition coefficient (Wildman–Crippen LogP) is 3.38. The fourth-order valence-corrected chi connectivity index (χ4v) is 2.95. The highest BCUT2D eigenvalue weighted by atomic mass is 16.3. The topological polar surface area (TPSA) is 20.2 Å². The highest BCUT2D eigenvalue weighted by Crippen LogP contribution is 2.41. The summed E-state index contributed by atoms with van der Waals surface area (Å²) < 4.78 is 0.836. The summed E-state index contributed by atoms with van der Waals surface area (Å²) in [7, 11) is 4.36. The number of aliphatic hydroxyl groups is 1. The molecule has 0 aromatic carbocycles. The molecular weight excluding hydrogens is 234 g/mol. The average molecular weight is 266 g/mol. The molecule has 0 aliphatic heterocycles. The van der Waals surface area contributed by atoms with Crippen LogP contribution in [0.1, 0.15) is 40.5 Å². The SMILES string of the molecule is CC1=CCCC(C)(C)C1C=CC(C)[N+](C)(C)CCO. The molecule has 0 radical (unpaired) electrons. The molecule has 0 amide bonds. The van der Waals surface area contributed by atoms with Crippen LogP contribution in [0.25, 0.3) is 0 Å². The summed E-state index contributed by atoms with van der Waals surface area (Å²) in [6.07, 6.45) is 9.60. The van der Waals surface area contributed by atoms with Crippen molar-refractivity contribution in [1.82, 2.24) is 0 Å². The summed E-state index contributed by atoms with van der Waals surface area (Å²) >= 11 is 0. The van der Waals surface area contributed by atoms with Gasteiger partial charge in [0.15, 0.2) is 0 Å². The molecule has 1 N–H and O–H groups in total. The Labute approximate surface area is 119 Å². The Kier molecular flexibility index (Phi) is 5.40. The number of hydrogen-bond donors (Lipinski definition) is 1. The third-order valence-electron chi connectivity index (χ3n) is 4.95. The van der Waals surface area contributed by atoms with Crippen LogP contribution in [-0.2, 0) is 0 Å². The van der Waals surface area contributed by atoms with Gasteiger partial charge in [-0.25, -0.2) is 0 Å². The molecule has 2 unspecified atom stereocenters. The zero-order valence-corrected chi connectivity index (χ0v) is 13.6. The highest BCUT2D eigenvalue weighted by Gasteiger charge is 2.31. The van der Waals surface area contributed by atoms with E-state index in [4.69, 9.17) is 5.11 Å². The van der Waals surface area contributed by atoms with Crippen LogP contribution in [0, 0.1) is 11.3 Å². The first-order valence-electron chi connectivity index (χ1n) is 7.49. The van der Waals surface area contributed by atoms with Gasteiger partial charge in [-0.3, -0.25) is 0 Å². The molecule has 2 nitrogen and oxygen atoms in total. The van der Waals surface area contributed by atoms with Crippen molar-refractivity contribution < 1.29 is 9.59 Å². The Morgan fingerprint density at radius 2 is 2.11 bits per heavy atom. The van der Waals surface area contributed by atoms with Crippen LogP contribution < -0.4 is 0 Å². The van der Waals surface area contributed by atoms with Crippen LogP contribution in [0.5, 0.6) is 0 Å². The molecule has 0 saturated carbocycles. The molecule has 1 aliphatic rings. The van der Waals surface area contributed by atoms with Crippen LogP contribution in [-0.4, -0.2) is 42.9 Å². The minimum absolute atomic E-state index is 0.249. The second-order valence-electron chi connectivity index (χ2n) is 7.30. The lowest BCUT2D eigenvalue weighted by molar-refractivity contribution is -0.906. The average Bonchev–Trinajstić information content (AvgIpc) is 2.27. The van der Waals surface area contributed by atoms with Crippen LogP contribution in [0.4, 0.5) is 0 Å². The summed E-state index contributed by atoms with van der Waals surface area (Å²) in [5.41, 5.74) is 1.87. The van der Waals surface area contributed by atoms with E-state index in [1.54, 1.807) is 0 Å². The van der Waals surface area contributed by atoms with Crippen molar-refractivity contribution in [3.63, 3.8) is 0 Å². The Morgan fingerprint density at radius 1 is 1.47 bits per heavy atom. The molecule has 2 heteroatoms.